The van der Waals surface area contributed by atoms with Crippen molar-refractivity contribution in [2.75, 3.05) is 0 Å². The van der Waals surface area contributed by atoms with Crippen LogP contribution in [0.5, 0.6) is 11.8 Å². The van der Waals surface area contributed by atoms with E-state index in [1.54, 1.807) is 36.4 Å². The van der Waals surface area contributed by atoms with Gasteiger partial charge in [-0.25, -0.2) is 4.39 Å². The zero-order valence-electron chi connectivity index (χ0n) is 17.4. The number of rotatable bonds is 5. The van der Waals surface area contributed by atoms with Crippen molar-refractivity contribution < 1.29 is 18.7 Å². The summed E-state index contributed by atoms with van der Waals surface area (Å²) in [5.41, 5.74) is 2.01. The second kappa shape index (κ2) is 8.50. The molecule has 1 atom stereocenters. The van der Waals surface area contributed by atoms with Crippen molar-refractivity contribution in [1.29, 1.82) is 0 Å². The minimum absolute atomic E-state index is 0.211. The molecule has 5 rings (SSSR count). The van der Waals surface area contributed by atoms with Gasteiger partial charge in [-0.2, -0.15) is 9.69 Å². The number of para-hydroxylation sites is 1. The molecule has 1 amide bonds. The first kappa shape index (κ1) is 20.3. The Hall–Kier alpha value is -4.60. The number of benzene rings is 3. The summed E-state index contributed by atoms with van der Waals surface area (Å²) in [5, 5.41) is 17.1. The van der Waals surface area contributed by atoms with Gasteiger partial charge in [-0.1, -0.05) is 35.4 Å². The zero-order valence-corrected chi connectivity index (χ0v) is 17.4. The molecule has 0 fully saturated rings. The van der Waals surface area contributed by atoms with Crippen LogP contribution >= 0.6 is 0 Å². The first-order valence-electron chi connectivity index (χ1n) is 10.0. The van der Waals surface area contributed by atoms with Crippen LogP contribution in [0.2, 0.25) is 0 Å². The Labute approximate surface area is 187 Å². The fourth-order valence-corrected chi connectivity index (χ4v) is 3.27. The van der Waals surface area contributed by atoms with E-state index in [0.717, 1.165) is 5.69 Å². The number of carbonyl (C=O) groups is 1. The van der Waals surface area contributed by atoms with Crippen LogP contribution in [0.3, 0.4) is 0 Å². The van der Waals surface area contributed by atoms with Gasteiger partial charge in [0, 0.05) is 18.1 Å². The lowest BCUT2D eigenvalue weighted by molar-refractivity contribution is -0.135. The molecule has 164 valence electrons. The largest absolute Gasteiger partial charge is 0.446 e. The number of hydrazone groups is 1. The summed E-state index contributed by atoms with van der Waals surface area (Å²) in [5.74, 6) is 0.0937. The number of halogens is 1. The van der Waals surface area contributed by atoms with Crippen LogP contribution in [0, 0.1) is 5.82 Å². The fraction of sp³-hybridized carbons (Fsp3) is 0.0870. The lowest BCUT2D eigenvalue weighted by Crippen LogP contribution is -2.25. The van der Waals surface area contributed by atoms with E-state index in [9.17, 15) is 9.18 Å². The highest BCUT2D eigenvalue weighted by atomic mass is 19.1. The van der Waals surface area contributed by atoms with Crippen molar-refractivity contribution in [2.45, 2.75) is 13.2 Å². The first-order chi connectivity index (χ1) is 16.1. The van der Waals surface area contributed by atoms with Crippen LogP contribution < -0.4 is 4.74 Å². The highest BCUT2D eigenvalue weighted by Crippen LogP contribution is 2.31. The van der Waals surface area contributed by atoms with Gasteiger partial charge in [0.1, 0.15) is 11.6 Å². The van der Waals surface area contributed by atoms with Crippen molar-refractivity contribution in [2.24, 2.45) is 5.10 Å². The number of aromatic nitrogens is 4. The number of amides is 1. The van der Waals surface area contributed by atoms with Crippen LogP contribution in [0.25, 0.3) is 5.69 Å². The summed E-state index contributed by atoms with van der Waals surface area (Å²) in [6.45, 7) is 1.39. The van der Waals surface area contributed by atoms with Crippen molar-refractivity contribution in [1.82, 2.24) is 25.2 Å². The van der Waals surface area contributed by atoms with Gasteiger partial charge in [-0.15, -0.1) is 5.10 Å². The van der Waals surface area contributed by atoms with Gasteiger partial charge in [0.2, 0.25) is 18.0 Å². The van der Waals surface area contributed by atoms with E-state index in [1.165, 1.54) is 28.7 Å². The van der Waals surface area contributed by atoms with Gasteiger partial charge in [0.15, 0.2) is 0 Å². The van der Waals surface area contributed by atoms with Crippen molar-refractivity contribution >= 4 is 11.8 Å². The van der Waals surface area contributed by atoms with Crippen molar-refractivity contribution in [3.05, 3.63) is 95.8 Å². The Bertz CT molecular complexity index is 1310. The van der Waals surface area contributed by atoms with E-state index in [0.29, 0.717) is 16.9 Å². The summed E-state index contributed by atoms with van der Waals surface area (Å²) in [6.07, 6.45) is -0.774. The van der Waals surface area contributed by atoms with Gasteiger partial charge >= 0.3 is 6.01 Å². The molecule has 33 heavy (non-hydrogen) atoms. The third-order valence-electron chi connectivity index (χ3n) is 4.87. The summed E-state index contributed by atoms with van der Waals surface area (Å²) in [4.78, 5) is 12.1. The maximum atomic E-state index is 13.3. The molecular formula is C23H17FN6O3. The molecule has 4 aromatic rings. The molecule has 1 aliphatic rings. The molecule has 3 aromatic carbocycles. The normalized spacial score (nSPS) is 15.2. The third-order valence-corrected chi connectivity index (χ3v) is 4.87. The summed E-state index contributed by atoms with van der Waals surface area (Å²) >= 11 is 0. The third kappa shape index (κ3) is 4.13. The Morgan fingerprint density at radius 3 is 2.42 bits per heavy atom. The number of hydrogen-bond donors (Lipinski definition) is 0. The second-order valence-electron chi connectivity index (χ2n) is 7.13. The van der Waals surface area contributed by atoms with Crippen LogP contribution in [-0.4, -0.2) is 37.0 Å². The van der Waals surface area contributed by atoms with E-state index < -0.39 is 6.23 Å². The van der Waals surface area contributed by atoms with Crippen LogP contribution in [0.1, 0.15) is 24.3 Å². The summed E-state index contributed by atoms with van der Waals surface area (Å²) in [6, 6.07) is 22.2. The molecule has 1 aliphatic heterocycles. The topological polar surface area (TPSA) is 94.7 Å². The maximum Gasteiger partial charge on any atom is 0.345 e. The molecular weight excluding hydrogens is 427 g/mol. The average Bonchev–Trinajstić information content (AvgIpc) is 3.48. The molecule has 0 spiro atoms. The lowest BCUT2D eigenvalue weighted by atomic mass is 10.2. The molecule has 0 radical (unpaired) electrons. The Kier molecular flexibility index (Phi) is 5.23. The van der Waals surface area contributed by atoms with Crippen LogP contribution in [0.4, 0.5) is 4.39 Å². The summed E-state index contributed by atoms with van der Waals surface area (Å²) < 4.78 is 26.5. The predicted molar refractivity (Wildman–Crippen MR) is 115 cm³/mol. The van der Waals surface area contributed by atoms with Gasteiger partial charge in [0.05, 0.1) is 5.69 Å². The van der Waals surface area contributed by atoms with Crippen molar-refractivity contribution in [3.63, 3.8) is 0 Å². The monoisotopic (exact) mass is 444 g/mol. The Morgan fingerprint density at radius 1 is 1.00 bits per heavy atom. The minimum atomic E-state index is -0.774. The Morgan fingerprint density at radius 2 is 1.73 bits per heavy atom. The molecule has 10 heteroatoms. The molecule has 0 aliphatic carbocycles. The van der Waals surface area contributed by atoms with Crippen LogP contribution in [0.15, 0.2) is 84.0 Å². The van der Waals surface area contributed by atoms with E-state index in [4.69, 9.17) is 9.47 Å². The van der Waals surface area contributed by atoms with E-state index in [1.807, 2.05) is 30.3 Å². The quantitative estimate of drug-likeness (QED) is 0.464. The van der Waals surface area contributed by atoms with E-state index in [2.05, 4.69) is 20.6 Å². The average molecular weight is 444 g/mol. The van der Waals surface area contributed by atoms with Gasteiger partial charge < -0.3 is 9.47 Å². The molecule has 2 heterocycles. The van der Waals surface area contributed by atoms with Gasteiger partial charge in [0.25, 0.3) is 0 Å². The second-order valence-corrected chi connectivity index (χ2v) is 7.13. The fourth-order valence-electron chi connectivity index (χ4n) is 3.27. The molecule has 0 saturated carbocycles. The first-order valence-corrected chi connectivity index (χ1v) is 10.0. The lowest BCUT2D eigenvalue weighted by Gasteiger charge is -2.19. The number of tetrazole rings is 1. The molecule has 1 aromatic heterocycles. The highest BCUT2D eigenvalue weighted by Gasteiger charge is 2.33. The van der Waals surface area contributed by atoms with E-state index in [-0.39, 0.29) is 23.6 Å². The number of ether oxygens (including phenoxy) is 2. The zero-order chi connectivity index (χ0) is 22.8. The smallest absolute Gasteiger partial charge is 0.345 e. The SMILES string of the molecule is CC(=O)N1N=C(c2ccc(Oc3nnnn3-c3ccccc3)cc2)OC1c1ccc(F)cc1. The number of nitrogens with zero attached hydrogens (tertiary/aromatic N) is 6. The molecule has 0 N–H and O–H groups in total. The van der Waals surface area contributed by atoms with Crippen molar-refractivity contribution in [3.8, 4) is 17.4 Å². The molecule has 0 bridgehead atoms. The number of carbonyl (C=O) groups excluding carboxylic acids is 1. The molecule has 9 nitrogen and oxygen atoms in total. The molecule has 1 unspecified atom stereocenters. The summed E-state index contributed by atoms with van der Waals surface area (Å²) in [7, 11) is 0. The maximum absolute atomic E-state index is 13.3. The molecule has 0 saturated heterocycles. The van der Waals surface area contributed by atoms with Gasteiger partial charge in [-0.3, -0.25) is 4.79 Å². The predicted octanol–water partition coefficient (Wildman–Crippen LogP) is 3.83. The number of hydrogen-bond acceptors (Lipinski definition) is 7. The van der Waals surface area contributed by atoms with Crippen LogP contribution in [-0.2, 0) is 9.53 Å². The van der Waals surface area contributed by atoms with E-state index >= 15 is 0 Å². The minimum Gasteiger partial charge on any atom is -0.446 e. The standard InChI is InChI=1S/C23H17FN6O3/c1-15(31)29-22(17-7-11-18(24)12-8-17)33-21(26-29)16-9-13-20(14-10-16)32-23-25-27-28-30(23)19-5-3-2-4-6-19/h2-14,22H,1H3. The highest BCUT2D eigenvalue weighted by molar-refractivity contribution is 5.96. The Balaban J connectivity index is 1.35. The van der Waals surface area contributed by atoms with Gasteiger partial charge in [-0.05, 0) is 59.0 Å².